The summed E-state index contributed by atoms with van der Waals surface area (Å²) >= 11 is 0. The van der Waals surface area contributed by atoms with Gasteiger partial charge in [-0.25, -0.2) is 14.6 Å². The van der Waals surface area contributed by atoms with E-state index < -0.39 is 47.1 Å². The Kier molecular flexibility index (Phi) is 29.0. The number of ketones is 3. The molecular formula is C69H88N6O21. The van der Waals surface area contributed by atoms with Crippen LogP contribution in [-0.4, -0.2) is 229 Å². The van der Waals surface area contributed by atoms with Crippen molar-refractivity contribution < 1.29 is 100 Å². The Bertz CT molecular complexity index is 3370. The van der Waals surface area contributed by atoms with E-state index in [0.717, 1.165) is 50.0 Å². The Morgan fingerprint density at radius 3 is 1.88 bits per heavy atom. The molecule has 0 fully saturated rings. The quantitative estimate of drug-likeness (QED) is 0.0208. The minimum absolute atomic E-state index is 0.00594. The molecule has 27 heteroatoms. The first-order valence-corrected chi connectivity index (χ1v) is 32.8. The Balaban J connectivity index is 0.637. The number of nitrogens with zero attached hydrogens (tertiary/aromatic N) is 3. The molecule has 27 nitrogen and oxygen atoms in total. The number of carbonyl (C=O) groups excluding carboxylic acids is 10. The van der Waals surface area contributed by atoms with Crippen molar-refractivity contribution in [1.82, 2.24) is 30.7 Å². The molecule has 0 saturated heterocycles. The van der Waals surface area contributed by atoms with Crippen LogP contribution < -0.4 is 16.0 Å². The van der Waals surface area contributed by atoms with Gasteiger partial charge in [-0.05, 0) is 85.4 Å². The summed E-state index contributed by atoms with van der Waals surface area (Å²) in [5, 5.41) is 20.3. The smallest absolute Gasteiger partial charge is 0.350 e. The Morgan fingerprint density at radius 2 is 1.26 bits per heavy atom. The summed E-state index contributed by atoms with van der Waals surface area (Å²) in [6, 6.07) is 10.1. The number of hydrogen-bond donors (Lipinski definition) is 4. The molecule has 1 aromatic heterocycles. The van der Waals surface area contributed by atoms with Gasteiger partial charge in [0.2, 0.25) is 17.7 Å². The maximum atomic E-state index is 13.7. The van der Waals surface area contributed by atoms with Crippen LogP contribution in [0.2, 0.25) is 0 Å². The zero-order chi connectivity index (χ0) is 68.4. The van der Waals surface area contributed by atoms with Gasteiger partial charge >= 0.3 is 11.9 Å². The van der Waals surface area contributed by atoms with Crippen molar-refractivity contribution >= 4 is 75.4 Å². The minimum atomic E-state index is -1.98. The van der Waals surface area contributed by atoms with Crippen LogP contribution in [-0.2, 0) is 115 Å². The van der Waals surface area contributed by atoms with Crippen LogP contribution in [0.3, 0.4) is 0 Å². The van der Waals surface area contributed by atoms with Crippen LogP contribution in [0.1, 0.15) is 103 Å². The molecule has 3 aromatic rings. The van der Waals surface area contributed by atoms with E-state index in [1.807, 2.05) is 36.1 Å². The van der Waals surface area contributed by atoms with Gasteiger partial charge in [-0.1, -0.05) is 37.3 Å². The highest BCUT2D eigenvalue weighted by Crippen LogP contribution is 2.49. The molecule has 0 radical (unpaired) electrons. The Morgan fingerprint density at radius 1 is 0.677 bits per heavy atom. The topological polar surface area (TPSA) is 339 Å². The van der Waals surface area contributed by atoms with Crippen molar-refractivity contribution in [3.8, 4) is 0 Å². The van der Waals surface area contributed by atoms with Gasteiger partial charge in [0.15, 0.2) is 23.0 Å². The number of carbonyl (C=O) groups is 10. The van der Waals surface area contributed by atoms with Crippen LogP contribution in [0.5, 0.6) is 0 Å². The predicted molar refractivity (Wildman–Crippen MR) is 343 cm³/mol. The SMILES string of the molecule is CC[C@@]1(O)C(=O)OC(=O)C2=C1C=C1c3nc4cc(C)c(C)c5c4c(c3CN1C2)[C@@H](CC(=O)COCNC(=O)CCC(=O)[C@H](Cc1ccccc1)NC(=O)CCC(=O)CNC(=O)CCOCCOCCOCCOCCOCCOCCOCCOCCN1C(=O)C=CC1=O)CC5. The number of aliphatic hydroxyl groups is 1. The molecule has 520 valence electrons. The zero-order valence-electron chi connectivity index (χ0n) is 54.9. The van der Waals surface area contributed by atoms with E-state index in [4.69, 9.17) is 52.4 Å². The largest absolute Gasteiger partial charge is 0.387 e. The third-order valence-electron chi connectivity index (χ3n) is 17.1. The molecule has 3 atom stereocenters. The number of benzene rings is 2. The van der Waals surface area contributed by atoms with E-state index in [9.17, 15) is 53.1 Å². The number of pyridine rings is 1. The first kappa shape index (κ1) is 74.0. The van der Waals surface area contributed by atoms with Gasteiger partial charge < -0.3 is 73.3 Å². The van der Waals surface area contributed by atoms with Gasteiger partial charge in [0.25, 0.3) is 11.8 Å². The number of ether oxygens (including phenoxy) is 10. The van der Waals surface area contributed by atoms with Gasteiger partial charge in [0.05, 0.1) is 154 Å². The van der Waals surface area contributed by atoms with Crippen LogP contribution >= 0.6 is 0 Å². The molecule has 8 rings (SSSR count). The number of Topliss-reactive ketones (excluding diaryl/α,β-unsaturated/α-hetero) is 3. The minimum Gasteiger partial charge on any atom is -0.387 e. The maximum absolute atomic E-state index is 13.7. The van der Waals surface area contributed by atoms with Crippen molar-refractivity contribution in [1.29, 1.82) is 0 Å². The second kappa shape index (κ2) is 37.6. The molecular weight excluding hydrogens is 1250 g/mol. The van der Waals surface area contributed by atoms with Crippen LogP contribution in [0.4, 0.5) is 0 Å². The van der Waals surface area contributed by atoms with E-state index in [1.165, 1.54) is 17.7 Å². The van der Waals surface area contributed by atoms with E-state index >= 15 is 0 Å². The van der Waals surface area contributed by atoms with Gasteiger partial charge in [0.1, 0.15) is 13.3 Å². The molecule has 0 spiro atoms. The number of nitrogens with one attached hydrogen (secondary N) is 3. The van der Waals surface area contributed by atoms with E-state index in [1.54, 1.807) is 25.1 Å². The number of cyclic esters (lactones) is 2. The summed E-state index contributed by atoms with van der Waals surface area (Å²) < 4.78 is 54.4. The third-order valence-corrected chi connectivity index (χ3v) is 17.1. The lowest BCUT2D eigenvalue weighted by atomic mass is 9.76. The van der Waals surface area contributed by atoms with Crippen molar-refractivity contribution in [2.45, 2.75) is 109 Å². The Labute approximate surface area is 557 Å². The van der Waals surface area contributed by atoms with Crippen LogP contribution in [0.15, 0.2) is 65.8 Å². The summed E-state index contributed by atoms with van der Waals surface area (Å²) in [7, 11) is 0. The highest BCUT2D eigenvalue weighted by atomic mass is 16.6. The lowest BCUT2D eigenvalue weighted by Crippen LogP contribution is -2.49. The number of rotatable bonds is 46. The highest BCUT2D eigenvalue weighted by molar-refractivity contribution is 6.13. The predicted octanol–water partition coefficient (Wildman–Crippen LogP) is 2.61. The number of aryl methyl sites for hydroxylation is 2. The molecule has 5 aliphatic rings. The summed E-state index contributed by atoms with van der Waals surface area (Å²) in [5.41, 5.74) is 6.68. The summed E-state index contributed by atoms with van der Waals surface area (Å²) in [6.07, 6.45) is 5.03. The van der Waals surface area contributed by atoms with Gasteiger partial charge in [-0.3, -0.25) is 43.3 Å². The summed E-state index contributed by atoms with van der Waals surface area (Å²) in [4.78, 5) is 136. The first-order chi connectivity index (χ1) is 46.4. The number of hydrogen-bond acceptors (Lipinski definition) is 23. The number of fused-ring (bicyclic) bond motifs is 4. The summed E-state index contributed by atoms with van der Waals surface area (Å²) in [5.74, 6) is -5.09. The molecule has 96 heavy (non-hydrogen) atoms. The fourth-order valence-electron chi connectivity index (χ4n) is 11.8. The molecule has 0 bridgehead atoms. The number of esters is 2. The highest BCUT2D eigenvalue weighted by Gasteiger charge is 2.50. The van der Waals surface area contributed by atoms with Crippen molar-refractivity contribution in [2.75, 3.05) is 139 Å². The number of aromatic nitrogens is 1. The molecule has 5 amide bonds. The van der Waals surface area contributed by atoms with E-state index in [-0.39, 0.29) is 151 Å². The van der Waals surface area contributed by atoms with Crippen molar-refractivity contribution in [3.05, 3.63) is 105 Å². The van der Waals surface area contributed by atoms with Gasteiger partial charge in [0, 0.05) is 73.7 Å². The molecule has 0 unspecified atom stereocenters. The lowest BCUT2D eigenvalue weighted by Gasteiger charge is -2.36. The summed E-state index contributed by atoms with van der Waals surface area (Å²) in [6.45, 7) is 11.1. The normalized spacial score (nSPS) is 17.3. The molecule has 0 saturated carbocycles. The van der Waals surface area contributed by atoms with Gasteiger partial charge in [-0.2, -0.15) is 0 Å². The second-order valence-corrected chi connectivity index (χ2v) is 23.7. The fraction of sp³-hybridized carbons (Fsp3) is 0.551. The molecule has 2 aromatic carbocycles. The fourth-order valence-corrected chi connectivity index (χ4v) is 11.8. The third kappa shape index (κ3) is 21.1. The monoisotopic (exact) mass is 1340 g/mol. The Hall–Kier alpha value is -7.83. The zero-order valence-corrected chi connectivity index (χ0v) is 54.9. The second-order valence-electron chi connectivity index (χ2n) is 23.7. The standard InChI is InChI=1S/C69H88N6O21/c1-4-69(86)54-39-57-66-53(42-74(57)41-52(54)67(84)96-68(69)85)64-48(10-12-51-46(3)45(2)36-56(73-66)65(51)64)38-50(77)43-95-44-71-59(79)15-13-58(78)55(37-47-8-6-5-7-9-47)72-61(81)14-11-49(76)40-70-60(80)18-20-87-22-24-89-26-28-91-30-32-93-34-35-94-33-31-92-29-27-90-25-23-88-21-19-75-62(82)16-17-63(75)83/h5-9,16-17,36,39,48,55,86H,4,10-15,18-35,37-38,40-44H2,1-3H3,(H,70,80)(H,71,79)(H,72,81)/t48-,55+,69+/m1/s1. The van der Waals surface area contributed by atoms with Crippen LogP contribution in [0.25, 0.3) is 16.6 Å². The van der Waals surface area contributed by atoms with Gasteiger partial charge in [-0.15, -0.1) is 0 Å². The average Bonchev–Trinajstić information content (AvgIpc) is 1.45. The molecule has 5 heterocycles. The molecule has 1 aliphatic carbocycles. The number of amides is 5. The molecule has 4 aliphatic heterocycles. The lowest BCUT2D eigenvalue weighted by molar-refractivity contribution is -0.172. The maximum Gasteiger partial charge on any atom is 0.350 e. The van der Waals surface area contributed by atoms with E-state index in [0.29, 0.717) is 104 Å². The average molecular weight is 1340 g/mol. The number of imide groups is 1. The van der Waals surface area contributed by atoms with Crippen LogP contribution in [0, 0.1) is 13.8 Å². The van der Waals surface area contributed by atoms with Crippen molar-refractivity contribution in [2.24, 2.45) is 0 Å². The molecule has 4 N–H and O–H groups in total. The van der Waals surface area contributed by atoms with E-state index in [2.05, 4.69) is 22.9 Å². The first-order valence-electron chi connectivity index (χ1n) is 32.8. The van der Waals surface area contributed by atoms with Crippen molar-refractivity contribution in [3.63, 3.8) is 0 Å².